The van der Waals surface area contributed by atoms with Crippen LogP contribution in [0.2, 0.25) is 0 Å². The molecule has 2 N–H and O–H groups in total. The van der Waals surface area contributed by atoms with Gasteiger partial charge in [-0.15, -0.1) is 0 Å². The van der Waals surface area contributed by atoms with Crippen LogP contribution in [0.3, 0.4) is 0 Å². The molecule has 1 unspecified atom stereocenters. The molecule has 1 heterocycles. The molecule has 0 saturated carbocycles. The number of aliphatic carboxylic acids is 1. The molecule has 1 fully saturated rings. The van der Waals surface area contributed by atoms with Crippen molar-refractivity contribution in [3.63, 3.8) is 0 Å². The average Bonchev–Trinajstić information content (AvgIpc) is 2.26. The molecule has 0 radical (unpaired) electrons. The number of carboxylic acids is 1. The molecular formula is C10H16N2O4. The number of carbonyl (C=O) groups excluding carboxylic acids is 2. The Morgan fingerprint density at radius 2 is 2.25 bits per heavy atom. The van der Waals surface area contributed by atoms with Crippen molar-refractivity contribution in [3.8, 4) is 0 Å². The average molecular weight is 228 g/mol. The van der Waals surface area contributed by atoms with Crippen molar-refractivity contribution in [3.05, 3.63) is 0 Å². The summed E-state index contributed by atoms with van der Waals surface area (Å²) in [6, 6.07) is 0. The van der Waals surface area contributed by atoms with Crippen molar-refractivity contribution >= 4 is 17.8 Å². The Morgan fingerprint density at radius 1 is 1.56 bits per heavy atom. The maximum Gasteiger partial charge on any atom is 0.305 e. The monoisotopic (exact) mass is 228 g/mol. The highest BCUT2D eigenvalue weighted by molar-refractivity contribution is 5.83. The Balaban J connectivity index is 2.38. The standard InChI is InChI=1S/C10H16N2O4/c1-12(5-4-9(14)15)10(16)7-2-3-8(13)11-6-7/h7H,2-6H2,1H3,(H,11,13)(H,14,15). The zero-order valence-corrected chi connectivity index (χ0v) is 9.23. The summed E-state index contributed by atoms with van der Waals surface area (Å²) in [7, 11) is 1.59. The highest BCUT2D eigenvalue weighted by Gasteiger charge is 2.26. The molecule has 0 aromatic heterocycles. The molecule has 0 spiro atoms. The van der Waals surface area contributed by atoms with Crippen molar-refractivity contribution < 1.29 is 19.5 Å². The van der Waals surface area contributed by atoms with E-state index in [4.69, 9.17) is 5.11 Å². The first-order chi connectivity index (χ1) is 7.50. The van der Waals surface area contributed by atoms with Crippen molar-refractivity contribution in [1.29, 1.82) is 0 Å². The van der Waals surface area contributed by atoms with Crippen molar-refractivity contribution in [2.75, 3.05) is 20.1 Å². The van der Waals surface area contributed by atoms with Crippen molar-refractivity contribution in [2.24, 2.45) is 5.92 Å². The quantitative estimate of drug-likeness (QED) is 0.675. The van der Waals surface area contributed by atoms with E-state index in [1.165, 1.54) is 4.90 Å². The number of amides is 2. The lowest BCUT2D eigenvalue weighted by Gasteiger charge is -2.26. The molecule has 90 valence electrons. The van der Waals surface area contributed by atoms with E-state index in [-0.39, 0.29) is 30.7 Å². The van der Waals surface area contributed by atoms with Gasteiger partial charge in [0.05, 0.1) is 12.3 Å². The molecule has 1 aliphatic heterocycles. The Morgan fingerprint density at radius 3 is 2.75 bits per heavy atom. The topological polar surface area (TPSA) is 86.7 Å². The van der Waals surface area contributed by atoms with Gasteiger partial charge in [-0.3, -0.25) is 14.4 Å². The van der Waals surface area contributed by atoms with Gasteiger partial charge in [-0.1, -0.05) is 0 Å². The summed E-state index contributed by atoms with van der Waals surface area (Å²) in [6.45, 7) is 0.563. The molecule has 1 atom stereocenters. The summed E-state index contributed by atoms with van der Waals surface area (Å²) in [5, 5.41) is 11.1. The van der Waals surface area contributed by atoms with Gasteiger partial charge in [0.25, 0.3) is 0 Å². The predicted molar refractivity (Wildman–Crippen MR) is 55.6 cm³/mol. The van der Waals surface area contributed by atoms with Gasteiger partial charge in [0.1, 0.15) is 0 Å². The van der Waals surface area contributed by atoms with Gasteiger partial charge in [-0.25, -0.2) is 0 Å². The second kappa shape index (κ2) is 5.48. The zero-order valence-electron chi connectivity index (χ0n) is 9.23. The van der Waals surface area contributed by atoms with E-state index in [0.717, 1.165) is 0 Å². The van der Waals surface area contributed by atoms with Crippen LogP contribution in [-0.2, 0) is 14.4 Å². The minimum atomic E-state index is -0.920. The molecule has 6 nitrogen and oxygen atoms in total. The smallest absolute Gasteiger partial charge is 0.305 e. The Labute approximate surface area is 93.6 Å². The third-order valence-corrected chi connectivity index (χ3v) is 2.65. The summed E-state index contributed by atoms with van der Waals surface area (Å²) in [4.78, 5) is 34.5. The third kappa shape index (κ3) is 3.52. The second-order valence-corrected chi connectivity index (χ2v) is 3.94. The molecule has 0 aliphatic carbocycles. The SMILES string of the molecule is CN(CCC(=O)O)C(=O)C1CCC(=O)NC1. The molecule has 0 bridgehead atoms. The Hall–Kier alpha value is -1.59. The van der Waals surface area contributed by atoms with Crippen molar-refractivity contribution in [1.82, 2.24) is 10.2 Å². The molecule has 1 saturated heterocycles. The summed E-state index contributed by atoms with van der Waals surface area (Å²) in [5.74, 6) is -1.26. The number of hydrogen-bond donors (Lipinski definition) is 2. The number of piperidine rings is 1. The fourth-order valence-electron chi connectivity index (χ4n) is 1.63. The first kappa shape index (κ1) is 12.5. The Bertz CT molecular complexity index is 293. The van der Waals surface area contributed by atoms with Gasteiger partial charge in [0.15, 0.2) is 0 Å². The number of carbonyl (C=O) groups is 3. The van der Waals surface area contributed by atoms with E-state index in [1.54, 1.807) is 7.05 Å². The van der Waals surface area contributed by atoms with E-state index in [1.807, 2.05) is 0 Å². The predicted octanol–water partition coefficient (Wildman–Crippen LogP) is -0.554. The van der Waals surface area contributed by atoms with Crippen LogP contribution < -0.4 is 5.32 Å². The highest BCUT2D eigenvalue weighted by Crippen LogP contribution is 2.13. The van der Waals surface area contributed by atoms with Crippen LogP contribution in [0.1, 0.15) is 19.3 Å². The molecular weight excluding hydrogens is 212 g/mol. The van der Waals surface area contributed by atoms with Gasteiger partial charge in [0, 0.05) is 26.6 Å². The lowest BCUT2D eigenvalue weighted by Crippen LogP contribution is -2.44. The largest absolute Gasteiger partial charge is 0.481 e. The van der Waals surface area contributed by atoms with E-state index >= 15 is 0 Å². The first-order valence-corrected chi connectivity index (χ1v) is 5.24. The van der Waals surface area contributed by atoms with Crippen LogP contribution in [0.4, 0.5) is 0 Å². The van der Waals surface area contributed by atoms with Gasteiger partial charge in [-0.2, -0.15) is 0 Å². The normalized spacial score (nSPS) is 20.1. The fraction of sp³-hybridized carbons (Fsp3) is 0.700. The fourth-order valence-corrected chi connectivity index (χ4v) is 1.63. The zero-order chi connectivity index (χ0) is 12.1. The summed E-state index contributed by atoms with van der Waals surface area (Å²) < 4.78 is 0. The van der Waals surface area contributed by atoms with Crippen LogP contribution in [-0.4, -0.2) is 47.9 Å². The second-order valence-electron chi connectivity index (χ2n) is 3.94. The number of carboxylic acid groups (broad SMARTS) is 1. The van der Waals surface area contributed by atoms with Crippen LogP contribution >= 0.6 is 0 Å². The summed E-state index contributed by atoms with van der Waals surface area (Å²) in [5.41, 5.74) is 0. The molecule has 0 aromatic rings. The van der Waals surface area contributed by atoms with E-state index in [0.29, 0.717) is 19.4 Å². The molecule has 2 amide bonds. The van der Waals surface area contributed by atoms with E-state index in [9.17, 15) is 14.4 Å². The summed E-state index contributed by atoms with van der Waals surface area (Å²) in [6.07, 6.45) is 0.854. The number of rotatable bonds is 4. The first-order valence-electron chi connectivity index (χ1n) is 5.24. The molecule has 6 heteroatoms. The van der Waals surface area contributed by atoms with Crippen LogP contribution in [0.15, 0.2) is 0 Å². The molecule has 0 aromatic carbocycles. The number of nitrogens with one attached hydrogen (secondary N) is 1. The van der Waals surface area contributed by atoms with E-state index < -0.39 is 5.97 Å². The van der Waals surface area contributed by atoms with Crippen LogP contribution in [0.25, 0.3) is 0 Å². The lowest BCUT2D eigenvalue weighted by atomic mass is 9.98. The summed E-state index contributed by atoms with van der Waals surface area (Å²) >= 11 is 0. The van der Waals surface area contributed by atoms with Crippen molar-refractivity contribution in [2.45, 2.75) is 19.3 Å². The minimum Gasteiger partial charge on any atom is -0.481 e. The molecule has 1 aliphatic rings. The maximum absolute atomic E-state index is 11.8. The Kier molecular flexibility index (Phi) is 4.28. The molecule has 1 rings (SSSR count). The van der Waals surface area contributed by atoms with Crippen LogP contribution in [0, 0.1) is 5.92 Å². The van der Waals surface area contributed by atoms with Crippen LogP contribution in [0.5, 0.6) is 0 Å². The highest BCUT2D eigenvalue weighted by atomic mass is 16.4. The minimum absolute atomic E-state index is 0.0303. The number of nitrogens with zero attached hydrogens (tertiary/aromatic N) is 1. The van der Waals surface area contributed by atoms with Gasteiger partial charge in [0.2, 0.25) is 11.8 Å². The van der Waals surface area contributed by atoms with Gasteiger partial charge in [-0.05, 0) is 6.42 Å². The maximum atomic E-state index is 11.8. The lowest BCUT2D eigenvalue weighted by molar-refractivity contribution is -0.139. The van der Waals surface area contributed by atoms with E-state index in [2.05, 4.69) is 5.32 Å². The third-order valence-electron chi connectivity index (χ3n) is 2.65. The van der Waals surface area contributed by atoms with Gasteiger partial charge >= 0.3 is 5.97 Å². The molecule has 16 heavy (non-hydrogen) atoms. The van der Waals surface area contributed by atoms with Gasteiger partial charge < -0.3 is 15.3 Å². The number of hydrogen-bond acceptors (Lipinski definition) is 3.